The van der Waals surface area contributed by atoms with Crippen molar-refractivity contribution in [2.45, 2.75) is 29.9 Å². The molecule has 2 heterocycles. The molecule has 2 rings (SSSR count). The SMILES string of the molecule is ClC1CC[S+]2CCCC12. The van der Waals surface area contributed by atoms with Gasteiger partial charge in [0.05, 0.1) is 5.38 Å². The van der Waals surface area contributed by atoms with Crippen molar-refractivity contribution >= 4 is 22.5 Å². The van der Waals surface area contributed by atoms with Crippen molar-refractivity contribution in [3.05, 3.63) is 0 Å². The van der Waals surface area contributed by atoms with Crippen molar-refractivity contribution < 1.29 is 0 Å². The fourth-order valence-corrected chi connectivity index (χ4v) is 5.64. The van der Waals surface area contributed by atoms with Crippen molar-refractivity contribution in [3.8, 4) is 0 Å². The highest BCUT2D eigenvalue weighted by Crippen LogP contribution is 2.35. The minimum absolute atomic E-state index is 0.552. The zero-order chi connectivity index (χ0) is 6.27. The number of hydrogen-bond donors (Lipinski definition) is 0. The molecule has 0 amide bonds. The Bertz CT molecular complexity index is 115. The number of hydrogen-bond acceptors (Lipinski definition) is 0. The quantitative estimate of drug-likeness (QED) is 0.377. The predicted octanol–water partition coefficient (Wildman–Crippen LogP) is 1.78. The lowest BCUT2D eigenvalue weighted by Crippen LogP contribution is -2.16. The van der Waals surface area contributed by atoms with Crippen LogP contribution in [0, 0.1) is 0 Å². The molecule has 2 heteroatoms. The van der Waals surface area contributed by atoms with Crippen LogP contribution in [0.15, 0.2) is 0 Å². The number of alkyl halides is 1. The molecule has 0 nitrogen and oxygen atoms in total. The van der Waals surface area contributed by atoms with Crippen LogP contribution in [0.25, 0.3) is 0 Å². The first kappa shape index (κ1) is 6.36. The van der Waals surface area contributed by atoms with Crippen LogP contribution in [0.1, 0.15) is 19.3 Å². The van der Waals surface area contributed by atoms with E-state index in [1.165, 1.54) is 30.8 Å². The summed E-state index contributed by atoms with van der Waals surface area (Å²) >= 11 is 6.12. The maximum absolute atomic E-state index is 6.12. The molecule has 52 valence electrons. The summed E-state index contributed by atoms with van der Waals surface area (Å²) in [5.41, 5.74) is 0. The fourth-order valence-electron chi connectivity index (χ4n) is 1.88. The van der Waals surface area contributed by atoms with Crippen LogP contribution in [0.2, 0.25) is 0 Å². The van der Waals surface area contributed by atoms with Gasteiger partial charge in [0.25, 0.3) is 0 Å². The zero-order valence-electron chi connectivity index (χ0n) is 5.48. The topological polar surface area (TPSA) is 0 Å². The van der Waals surface area contributed by atoms with E-state index in [0.717, 1.165) is 16.1 Å². The average molecular weight is 164 g/mol. The minimum Gasteiger partial charge on any atom is -0.117 e. The van der Waals surface area contributed by atoms with Crippen molar-refractivity contribution in [1.29, 1.82) is 0 Å². The summed E-state index contributed by atoms with van der Waals surface area (Å²) in [5.74, 6) is 2.94. The molecule has 0 radical (unpaired) electrons. The first-order valence-corrected chi connectivity index (χ1v) is 5.74. The van der Waals surface area contributed by atoms with E-state index in [9.17, 15) is 0 Å². The average Bonchev–Trinajstić information content (AvgIpc) is 2.35. The summed E-state index contributed by atoms with van der Waals surface area (Å²) in [6.07, 6.45) is 4.18. The van der Waals surface area contributed by atoms with Crippen LogP contribution in [0.5, 0.6) is 0 Å². The Balaban J connectivity index is 2.07. The molecule has 0 aromatic carbocycles. The number of rotatable bonds is 0. The Labute approximate surface area is 64.3 Å². The molecule has 3 atom stereocenters. The zero-order valence-corrected chi connectivity index (χ0v) is 7.05. The third-order valence-corrected chi connectivity index (χ3v) is 6.05. The molecule has 0 aromatic rings. The Hall–Kier alpha value is 0.640. The molecule has 0 N–H and O–H groups in total. The van der Waals surface area contributed by atoms with Crippen LogP contribution < -0.4 is 0 Å². The number of fused-ring (bicyclic) bond motifs is 1. The van der Waals surface area contributed by atoms with Gasteiger partial charge in [0, 0.05) is 12.8 Å². The molecule has 0 spiro atoms. The fraction of sp³-hybridized carbons (Fsp3) is 1.00. The highest BCUT2D eigenvalue weighted by Gasteiger charge is 2.46. The maximum atomic E-state index is 6.12. The van der Waals surface area contributed by atoms with Crippen LogP contribution in [-0.2, 0) is 10.9 Å². The van der Waals surface area contributed by atoms with Gasteiger partial charge in [-0.15, -0.1) is 11.6 Å². The second-order valence-electron chi connectivity index (χ2n) is 2.93. The smallest absolute Gasteiger partial charge is 0.117 e. The summed E-state index contributed by atoms with van der Waals surface area (Å²) in [6, 6.07) is 0. The lowest BCUT2D eigenvalue weighted by atomic mass is 10.2. The second-order valence-corrected chi connectivity index (χ2v) is 5.99. The monoisotopic (exact) mass is 163 g/mol. The summed E-state index contributed by atoms with van der Waals surface area (Å²) in [6.45, 7) is 0. The van der Waals surface area contributed by atoms with E-state index in [2.05, 4.69) is 0 Å². The summed E-state index contributed by atoms with van der Waals surface area (Å²) in [4.78, 5) is 0. The third-order valence-electron chi connectivity index (χ3n) is 2.38. The highest BCUT2D eigenvalue weighted by molar-refractivity contribution is 7.98. The van der Waals surface area contributed by atoms with E-state index in [0.29, 0.717) is 5.38 Å². The van der Waals surface area contributed by atoms with Crippen LogP contribution in [0.4, 0.5) is 0 Å². The van der Waals surface area contributed by atoms with Crippen molar-refractivity contribution in [2.75, 3.05) is 11.5 Å². The first-order chi connectivity index (χ1) is 4.38. The normalized spacial score (nSPS) is 49.7. The molecule has 2 saturated heterocycles. The summed E-state index contributed by atoms with van der Waals surface area (Å²) in [5, 5.41) is 1.49. The Morgan fingerprint density at radius 3 is 2.89 bits per heavy atom. The van der Waals surface area contributed by atoms with Gasteiger partial charge in [0.1, 0.15) is 16.8 Å². The van der Waals surface area contributed by atoms with Crippen LogP contribution in [-0.4, -0.2) is 22.1 Å². The lowest BCUT2D eigenvalue weighted by molar-refractivity contribution is 0.732. The molecule has 3 unspecified atom stereocenters. The second kappa shape index (κ2) is 2.35. The van der Waals surface area contributed by atoms with Crippen LogP contribution >= 0.6 is 11.6 Å². The Morgan fingerprint density at radius 2 is 2.11 bits per heavy atom. The molecule has 2 aliphatic rings. The predicted molar refractivity (Wildman–Crippen MR) is 44.4 cm³/mol. The van der Waals surface area contributed by atoms with Gasteiger partial charge in [-0.1, -0.05) is 0 Å². The van der Waals surface area contributed by atoms with Crippen molar-refractivity contribution in [2.24, 2.45) is 0 Å². The van der Waals surface area contributed by atoms with E-state index < -0.39 is 0 Å². The van der Waals surface area contributed by atoms with Gasteiger partial charge in [0.15, 0.2) is 0 Å². The van der Waals surface area contributed by atoms with Gasteiger partial charge in [0.2, 0.25) is 0 Å². The van der Waals surface area contributed by atoms with E-state index in [4.69, 9.17) is 11.6 Å². The largest absolute Gasteiger partial charge is 0.134 e. The van der Waals surface area contributed by atoms with E-state index in [1.54, 1.807) is 0 Å². The van der Waals surface area contributed by atoms with Crippen molar-refractivity contribution in [3.63, 3.8) is 0 Å². The highest BCUT2D eigenvalue weighted by atomic mass is 35.5. The molecule has 2 fully saturated rings. The summed E-state index contributed by atoms with van der Waals surface area (Å²) in [7, 11) is 0.770. The standard InChI is InChI=1S/C7H12ClS/c8-6-3-5-9-4-1-2-7(6)9/h6-7H,1-5H2/q+1. The van der Waals surface area contributed by atoms with Crippen molar-refractivity contribution in [1.82, 2.24) is 0 Å². The van der Waals surface area contributed by atoms with E-state index in [-0.39, 0.29) is 0 Å². The third kappa shape index (κ3) is 0.988. The minimum atomic E-state index is 0.552. The Kier molecular flexibility index (Phi) is 1.66. The van der Waals surface area contributed by atoms with Crippen LogP contribution in [0.3, 0.4) is 0 Å². The van der Waals surface area contributed by atoms with Gasteiger partial charge in [-0.05, 0) is 17.3 Å². The first-order valence-electron chi connectivity index (χ1n) is 3.68. The molecule has 0 saturated carbocycles. The summed E-state index contributed by atoms with van der Waals surface area (Å²) < 4.78 is 0. The van der Waals surface area contributed by atoms with Gasteiger partial charge < -0.3 is 0 Å². The maximum Gasteiger partial charge on any atom is 0.134 e. The molecule has 9 heavy (non-hydrogen) atoms. The van der Waals surface area contributed by atoms with Gasteiger partial charge in [-0.2, -0.15) is 0 Å². The molecule has 0 aliphatic carbocycles. The van der Waals surface area contributed by atoms with Gasteiger partial charge in [-0.3, -0.25) is 0 Å². The molecule has 2 aliphatic heterocycles. The van der Waals surface area contributed by atoms with Gasteiger partial charge in [-0.25, -0.2) is 0 Å². The molecule has 0 aromatic heterocycles. The van der Waals surface area contributed by atoms with Gasteiger partial charge >= 0.3 is 0 Å². The number of halogens is 1. The van der Waals surface area contributed by atoms with E-state index in [1.807, 2.05) is 0 Å². The molecular formula is C7H12ClS+. The van der Waals surface area contributed by atoms with E-state index >= 15 is 0 Å². The molecular weight excluding hydrogens is 152 g/mol. The Morgan fingerprint density at radius 1 is 1.22 bits per heavy atom. The molecule has 0 bridgehead atoms. The lowest BCUT2D eigenvalue weighted by Gasteiger charge is -2.01.